The third-order valence-electron chi connectivity index (χ3n) is 2.16. The van der Waals surface area contributed by atoms with Crippen molar-refractivity contribution in [2.75, 3.05) is 5.32 Å². The zero-order valence-electron chi connectivity index (χ0n) is 8.63. The topological polar surface area (TPSA) is 24.9 Å². The maximum absolute atomic E-state index is 13.4. The molecule has 0 spiro atoms. The Balaban J connectivity index is 2.12. The van der Waals surface area contributed by atoms with Gasteiger partial charge in [-0.15, -0.1) is 11.3 Å². The van der Waals surface area contributed by atoms with Crippen molar-refractivity contribution in [3.05, 3.63) is 45.9 Å². The van der Waals surface area contributed by atoms with Crippen molar-refractivity contribution < 1.29 is 8.78 Å². The van der Waals surface area contributed by atoms with Crippen molar-refractivity contribution >= 4 is 17.0 Å². The number of nitrogens with one attached hydrogen (secondary N) is 1. The fraction of sp³-hybridized carbons (Fsp3) is 0.182. The Hall–Kier alpha value is -1.49. The number of halogens is 2. The third-order valence-corrected chi connectivity index (χ3v) is 2.94. The van der Waals surface area contributed by atoms with E-state index < -0.39 is 11.6 Å². The summed E-state index contributed by atoms with van der Waals surface area (Å²) in [6.45, 7) is 1.93. The van der Waals surface area contributed by atoms with Crippen LogP contribution in [-0.2, 0) is 6.54 Å². The van der Waals surface area contributed by atoms with E-state index in [4.69, 9.17) is 0 Å². The van der Waals surface area contributed by atoms with Crippen LogP contribution in [0.2, 0.25) is 0 Å². The van der Waals surface area contributed by atoms with Crippen molar-refractivity contribution in [2.24, 2.45) is 0 Å². The standard InChI is InChI=1S/C11H10F2N2S/c1-7-4-9(13)10(5-8(7)12)15-6-11-14-2-3-16-11/h2-5,15H,6H2,1H3. The minimum Gasteiger partial charge on any atom is -0.376 e. The second kappa shape index (κ2) is 4.57. The van der Waals surface area contributed by atoms with Gasteiger partial charge >= 0.3 is 0 Å². The molecular formula is C11H10F2N2S. The van der Waals surface area contributed by atoms with Crippen molar-refractivity contribution in [2.45, 2.75) is 13.5 Å². The van der Waals surface area contributed by atoms with Gasteiger partial charge in [0.1, 0.15) is 16.6 Å². The van der Waals surface area contributed by atoms with Crippen molar-refractivity contribution in [3.8, 4) is 0 Å². The van der Waals surface area contributed by atoms with Crippen LogP contribution in [-0.4, -0.2) is 4.98 Å². The van der Waals surface area contributed by atoms with E-state index in [1.54, 1.807) is 6.20 Å². The Bertz CT molecular complexity index is 483. The quantitative estimate of drug-likeness (QED) is 0.890. The van der Waals surface area contributed by atoms with Crippen LogP contribution in [0.3, 0.4) is 0 Å². The predicted octanol–water partition coefficient (Wildman–Crippen LogP) is 3.34. The molecule has 0 aliphatic carbocycles. The van der Waals surface area contributed by atoms with Crippen LogP contribution in [0.15, 0.2) is 23.7 Å². The molecular weight excluding hydrogens is 230 g/mol. The minimum absolute atomic E-state index is 0.165. The minimum atomic E-state index is -0.449. The van der Waals surface area contributed by atoms with E-state index in [0.717, 1.165) is 11.1 Å². The summed E-state index contributed by atoms with van der Waals surface area (Å²) in [7, 11) is 0. The molecule has 1 aromatic carbocycles. The Labute approximate surface area is 96.0 Å². The van der Waals surface area contributed by atoms with Gasteiger partial charge in [-0.25, -0.2) is 13.8 Å². The van der Waals surface area contributed by atoms with E-state index in [1.807, 2.05) is 5.38 Å². The molecule has 0 fully saturated rings. The highest BCUT2D eigenvalue weighted by Crippen LogP contribution is 2.19. The fourth-order valence-corrected chi connectivity index (χ4v) is 1.85. The highest BCUT2D eigenvalue weighted by atomic mass is 32.1. The normalized spacial score (nSPS) is 10.4. The van der Waals surface area contributed by atoms with Crippen LogP contribution in [0.25, 0.3) is 0 Å². The lowest BCUT2D eigenvalue weighted by Gasteiger charge is -2.07. The first-order valence-electron chi connectivity index (χ1n) is 4.74. The average molecular weight is 240 g/mol. The number of rotatable bonds is 3. The molecule has 0 atom stereocenters. The summed E-state index contributed by atoms with van der Waals surface area (Å²) in [6.07, 6.45) is 1.67. The molecule has 1 heterocycles. The van der Waals surface area contributed by atoms with Gasteiger partial charge in [0.25, 0.3) is 0 Å². The summed E-state index contributed by atoms with van der Waals surface area (Å²) < 4.78 is 26.6. The number of benzene rings is 1. The van der Waals surface area contributed by atoms with Gasteiger partial charge in [-0.2, -0.15) is 0 Å². The Morgan fingerprint density at radius 1 is 1.31 bits per heavy atom. The molecule has 0 amide bonds. The van der Waals surface area contributed by atoms with Gasteiger partial charge in [0.2, 0.25) is 0 Å². The maximum atomic E-state index is 13.4. The summed E-state index contributed by atoms with van der Waals surface area (Å²) in [5.41, 5.74) is 0.468. The largest absolute Gasteiger partial charge is 0.376 e. The molecule has 0 aliphatic rings. The average Bonchev–Trinajstić information content (AvgIpc) is 2.74. The maximum Gasteiger partial charge on any atom is 0.146 e. The summed E-state index contributed by atoms with van der Waals surface area (Å²) >= 11 is 1.47. The van der Waals surface area contributed by atoms with E-state index in [-0.39, 0.29) is 5.69 Å². The number of thiazole rings is 1. The lowest BCUT2D eigenvalue weighted by molar-refractivity contribution is 0.594. The van der Waals surface area contributed by atoms with Gasteiger partial charge in [0.15, 0.2) is 0 Å². The van der Waals surface area contributed by atoms with Gasteiger partial charge in [0, 0.05) is 17.6 Å². The zero-order chi connectivity index (χ0) is 11.5. The molecule has 2 nitrogen and oxygen atoms in total. The molecule has 0 unspecified atom stereocenters. The highest BCUT2D eigenvalue weighted by Gasteiger charge is 2.07. The first-order valence-corrected chi connectivity index (χ1v) is 5.62. The molecule has 0 saturated carbocycles. The van der Waals surface area contributed by atoms with E-state index >= 15 is 0 Å². The van der Waals surface area contributed by atoms with Gasteiger partial charge in [-0.1, -0.05) is 0 Å². The van der Waals surface area contributed by atoms with Gasteiger partial charge < -0.3 is 5.32 Å². The van der Waals surface area contributed by atoms with E-state index in [2.05, 4.69) is 10.3 Å². The third kappa shape index (κ3) is 2.36. The number of nitrogens with zero attached hydrogens (tertiary/aromatic N) is 1. The second-order valence-electron chi connectivity index (χ2n) is 3.36. The van der Waals surface area contributed by atoms with Gasteiger partial charge in [-0.05, 0) is 18.6 Å². The fourth-order valence-electron chi connectivity index (χ4n) is 1.29. The first-order chi connectivity index (χ1) is 7.66. The summed E-state index contributed by atoms with van der Waals surface area (Å²) in [6, 6.07) is 2.35. The number of aromatic nitrogens is 1. The molecule has 0 saturated heterocycles. The Kier molecular flexibility index (Phi) is 3.14. The molecule has 1 N–H and O–H groups in total. The number of anilines is 1. The van der Waals surface area contributed by atoms with Crippen molar-refractivity contribution in [1.82, 2.24) is 4.98 Å². The number of hydrogen-bond donors (Lipinski definition) is 1. The van der Waals surface area contributed by atoms with Crippen LogP contribution in [0.5, 0.6) is 0 Å². The summed E-state index contributed by atoms with van der Waals surface area (Å²) in [4.78, 5) is 4.04. The van der Waals surface area contributed by atoms with Crippen LogP contribution in [0, 0.1) is 18.6 Å². The van der Waals surface area contributed by atoms with Crippen molar-refractivity contribution in [1.29, 1.82) is 0 Å². The van der Waals surface area contributed by atoms with Gasteiger partial charge in [0.05, 0.1) is 12.2 Å². The van der Waals surface area contributed by atoms with Crippen molar-refractivity contribution in [3.63, 3.8) is 0 Å². The molecule has 5 heteroatoms. The predicted molar refractivity (Wildman–Crippen MR) is 60.5 cm³/mol. The SMILES string of the molecule is Cc1cc(F)c(NCc2nccs2)cc1F. The molecule has 2 rings (SSSR count). The molecule has 0 radical (unpaired) electrons. The molecule has 2 aromatic rings. The number of hydrogen-bond acceptors (Lipinski definition) is 3. The lowest BCUT2D eigenvalue weighted by atomic mass is 10.2. The number of aryl methyl sites for hydroxylation is 1. The molecule has 16 heavy (non-hydrogen) atoms. The smallest absolute Gasteiger partial charge is 0.146 e. The van der Waals surface area contributed by atoms with Gasteiger partial charge in [-0.3, -0.25) is 0 Å². The second-order valence-corrected chi connectivity index (χ2v) is 4.34. The van der Waals surface area contributed by atoms with Crippen LogP contribution < -0.4 is 5.32 Å². The summed E-state index contributed by atoms with van der Waals surface area (Å²) in [5.74, 6) is -0.863. The van der Waals surface area contributed by atoms with E-state index in [9.17, 15) is 8.78 Å². The van der Waals surface area contributed by atoms with E-state index in [0.29, 0.717) is 12.1 Å². The highest BCUT2D eigenvalue weighted by molar-refractivity contribution is 7.09. The van der Waals surface area contributed by atoms with E-state index in [1.165, 1.54) is 24.3 Å². The van der Waals surface area contributed by atoms with Crippen LogP contribution in [0.4, 0.5) is 14.5 Å². The Morgan fingerprint density at radius 3 is 2.81 bits per heavy atom. The molecule has 84 valence electrons. The molecule has 0 bridgehead atoms. The molecule has 0 aliphatic heterocycles. The first kappa shape index (κ1) is 11.0. The van der Waals surface area contributed by atoms with Crippen LogP contribution >= 0.6 is 11.3 Å². The zero-order valence-corrected chi connectivity index (χ0v) is 9.44. The monoisotopic (exact) mass is 240 g/mol. The lowest BCUT2D eigenvalue weighted by Crippen LogP contribution is -2.02. The van der Waals surface area contributed by atoms with Crippen LogP contribution in [0.1, 0.15) is 10.6 Å². The Morgan fingerprint density at radius 2 is 2.12 bits per heavy atom. The molecule has 1 aromatic heterocycles. The summed E-state index contributed by atoms with van der Waals surface area (Å²) in [5, 5.41) is 5.49.